The zero-order chi connectivity index (χ0) is 16.4. The topological polar surface area (TPSA) is 12.9 Å². The third-order valence-corrected chi connectivity index (χ3v) is 3.15. The normalized spacial score (nSPS) is 13.3. The van der Waals surface area contributed by atoms with Crippen molar-refractivity contribution in [2.24, 2.45) is 0 Å². The van der Waals surface area contributed by atoms with Crippen LogP contribution in [-0.2, 0) is 0 Å². The van der Waals surface area contributed by atoms with Crippen molar-refractivity contribution in [1.29, 1.82) is 0 Å². The highest BCUT2D eigenvalue weighted by Crippen LogP contribution is 2.32. The number of rotatable bonds is 2. The van der Waals surface area contributed by atoms with Crippen molar-refractivity contribution in [1.82, 2.24) is 4.98 Å². The van der Waals surface area contributed by atoms with E-state index in [1.807, 2.05) is 36.4 Å². The van der Waals surface area contributed by atoms with Gasteiger partial charge in [0.25, 0.3) is 0 Å². The van der Waals surface area contributed by atoms with Crippen LogP contribution in [0.5, 0.6) is 0 Å². The molecule has 2 aromatic carbocycles. The average molecular weight is 266 g/mol. The molecule has 0 aliphatic rings. The Labute approximate surface area is 122 Å². The summed E-state index contributed by atoms with van der Waals surface area (Å²) in [5, 5.41) is 0. The van der Waals surface area contributed by atoms with Crippen molar-refractivity contribution in [3.8, 4) is 22.4 Å². The highest BCUT2D eigenvalue weighted by molar-refractivity contribution is 5.80. The first-order valence-corrected chi connectivity index (χ1v) is 6.28. The molecule has 0 amide bonds. The number of hydrogen-bond acceptors (Lipinski definition) is 1. The second-order valence-electron chi connectivity index (χ2n) is 4.43. The van der Waals surface area contributed by atoms with Gasteiger partial charge in [0.1, 0.15) is 5.82 Å². The zero-order valence-corrected chi connectivity index (χ0v) is 10.7. The van der Waals surface area contributed by atoms with E-state index in [4.69, 9.17) is 4.11 Å². The summed E-state index contributed by atoms with van der Waals surface area (Å²) in [6, 6.07) is 17.5. The summed E-state index contributed by atoms with van der Waals surface area (Å²) in [5.41, 5.74) is 1.99. The quantitative estimate of drug-likeness (QED) is 0.645. The molecule has 3 aromatic rings. The van der Waals surface area contributed by atoms with Crippen LogP contribution in [0.2, 0.25) is 0 Å². The molecule has 0 aliphatic carbocycles. The molecule has 0 saturated carbocycles. The summed E-state index contributed by atoms with van der Waals surface area (Å²) in [5.74, 6) is -0.747. The van der Waals surface area contributed by atoms with Gasteiger partial charge >= 0.3 is 0 Å². The monoisotopic (exact) mass is 266 g/mol. The van der Waals surface area contributed by atoms with E-state index in [0.717, 1.165) is 11.1 Å². The van der Waals surface area contributed by atoms with E-state index in [0.29, 0.717) is 5.69 Å². The lowest BCUT2D eigenvalue weighted by atomic mass is 9.98. The summed E-state index contributed by atoms with van der Waals surface area (Å²) < 4.78 is 37.1. The zero-order valence-electron chi connectivity index (χ0n) is 13.7. The number of halogens is 1. The molecular weight excluding hydrogens is 249 g/mol. The number of pyridine rings is 1. The van der Waals surface area contributed by atoms with Gasteiger partial charge in [0.2, 0.25) is 0 Å². The van der Waals surface area contributed by atoms with Crippen LogP contribution in [0.1, 0.15) is 9.68 Å². The Bertz CT molecular complexity index is 829. The lowest BCUT2D eigenvalue weighted by Gasteiger charge is -2.10. The molecule has 0 N–H and O–H groups in total. The molecule has 0 unspecified atom stereocenters. The Morgan fingerprint density at radius 2 is 1.70 bits per heavy atom. The number of benzene rings is 2. The number of nitrogens with zero attached hydrogens (tertiary/aromatic N) is 1. The molecule has 3 rings (SSSR count). The van der Waals surface area contributed by atoms with Gasteiger partial charge in [-0.1, -0.05) is 48.5 Å². The predicted molar refractivity (Wildman–Crippen MR) is 79.8 cm³/mol. The number of aryl methyl sites for hydroxylation is 1. The summed E-state index contributed by atoms with van der Waals surface area (Å²) in [7, 11) is 0. The summed E-state index contributed by atoms with van der Waals surface area (Å²) in [6.07, 6.45) is 1.57. The van der Waals surface area contributed by atoms with Gasteiger partial charge in [-0.2, -0.15) is 0 Å². The van der Waals surface area contributed by atoms with Gasteiger partial charge in [-0.05, 0) is 30.1 Å². The van der Waals surface area contributed by atoms with Crippen molar-refractivity contribution < 1.29 is 8.50 Å². The van der Waals surface area contributed by atoms with Crippen LogP contribution in [-0.4, -0.2) is 4.98 Å². The SMILES string of the molecule is [2H]C([2H])([2H])c1cccc(-c2ncccc2-c2ccccc2)c1F. The molecule has 0 spiro atoms. The maximum Gasteiger partial charge on any atom is 0.135 e. The largest absolute Gasteiger partial charge is 0.255 e. The standard InChI is InChI=1S/C18H14FN/c1-13-7-5-10-16(17(13)19)18-15(11-6-12-20-18)14-8-3-2-4-9-14/h2-12H,1H3/i1D3. The van der Waals surface area contributed by atoms with Crippen LogP contribution in [0, 0.1) is 12.7 Å². The molecule has 0 radical (unpaired) electrons. The molecule has 0 fully saturated rings. The van der Waals surface area contributed by atoms with Gasteiger partial charge in [-0.25, -0.2) is 4.39 Å². The summed E-state index contributed by atoms with van der Waals surface area (Å²) >= 11 is 0. The van der Waals surface area contributed by atoms with Gasteiger partial charge in [-0.15, -0.1) is 0 Å². The maximum absolute atomic E-state index is 14.7. The molecule has 0 aliphatic heterocycles. The van der Waals surface area contributed by atoms with Gasteiger partial charge in [0, 0.05) is 21.4 Å². The Hall–Kier alpha value is -2.48. The second-order valence-corrected chi connectivity index (χ2v) is 4.43. The Morgan fingerprint density at radius 1 is 0.900 bits per heavy atom. The minimum absolute atomic E-state index is 0.193. The van der Waals surface area contributed by atoms with E-state index in [1.165, 1.54) is 6.07 Å². The van der Waals surface area contributed by atoms with E-state index in [2.05, 4.69) is 4.98 Å². The van der Waals surface area contributed by atoms with Crippen molar-refractivity contribution in [3.63, 3.8) is 0 Å². The van der Waals surface area contributed by atoms with E-state index in [-0.39, 0.29) is 11.1 Å². The van der Waals surface area contributed by atoms with Crippen molar-refractivity contribution in [2.75, 3.05) is 0 Å². The summed E-state index contributed by atoms with van der Waals surface area (Å²) in [6.45, 7) is -2.50. The van der Waals surface area contributed by atoms with E-state index >= 15 is 0 Å². The fraction of sp³-hybridized carbons (Fsp3) is 0.0556. The fourth-order valence-corrected chi connectivity index (χ4v) is 2.19. The molecule has 2 heteroatoms. The summed E-state index contributed by atoms with van der Waals surface area (Å²) in [4.78, 5) is 4.29. The van der Waals surface area contributed by atoms with E-state index in [9.17, 15) is 4.39 Å². The van der Waals surface area contributed by atoms with Crippen LogP contribution < -0.4 is 0 Å². The highest BCUT2D eigenvalue weighted by atomic mass is 19.1. The molecule has 1 aromatic heterocycles. The first-order chi connectivity index (χ1) is 11.0. The lowest BCUT2D eigenvalue weighted by Crippen LogP contribution is -1.93. The predicted octanol–water partition coefficient (Wildman–Crippen LogP) is 4.86. The van der Waals surface area contributed by atoms with Crippen LogP contribution in [0.4, 0.5) is 4.39 Å². The van der Waals surface area contributed by atoms with Crippen LogP contribution in [0.25, 0.3) is 22.4 Å². The second kappa shape index (κ2) is 5.25. The third kappa shape index (κ3) is 2.21. The van der Waals surface area contributed by atoms with Gasteiger partial charge < -0.3 is 0 Å². The Kier molecular flexibility index (Phi) is 2.48. The van der Waals surface area contributed by atoms with Crippen molar-refractivity contribution >= 4 is 0 Å². The molecule has 0 atom stereocenters. The van der Waals surface area contributed by atoms with Crippen LogP contribution in [0.15, 0.2) is 66.9 Å². The molecule has 1 heterocycles. The number of aromatic nitrogens is 1. The maximum atomic E-state index is 14.7. The molecular formula is C18H14FN. The molecule has 0 bridgehead atoms. The fourth-order valence-electron chi connectivity index (χ4n) is 2.19. The third-order valence-electron chi connectivity index (χ3n) is 3.15. The number of hydrogen-bond donors (Lipinski definition) is 0. The highest BCUT2D eigenvalue weighted by Gasteiger charge is 2.13. The average Bonchev–Trinajstić information content (AvgIpc) is 2.55. The van der Waals surface area contributed by atoms with Crippen LogP contribution >= 0.6 is 0 Å². The Morgan fingerprint density at radius 3 is 2.50 bits per heavy atom. The van der Waals surface area contributed by atoms with Crippen molar-refractivity contribution in [2.45, 2.75) is 6.85 Å². The van der Waals surface area contributed by atoms with E-state index < -0.39 is 12.7 Å². The van der Waals surface area contributed by atoms with Gasteiger partial charge in [0.15, 0.2) is 0 Å². The van der Waals surface area contributed by atoms with Gasteiger partial charge in [0.05, 0.1) is 5.69 Å². The molecule has 0 saturated heterocycles. The smallest absolute Gasteiger partial charge is 0.135 e. The first kappa shape index (κ1) is 9.43. The lowest BCUT2D eigenvalue weighted by molar-refractivity contribution is 0.621. The Balaban J connectivity index is 2.22. The van der Waals surface area contributed by atoms with E-state index in [1.54, 1.807) is 24.4 Å². The molecule has 20 heavy (non-hydrogen) atoms. The molecule has 98 valence electrons. The first-order valence-electron chi connectivity index (χ1n) is 7.78. The minimum Gasteiger partial charge on any atom is -0.255 e. The minimum atomic E-state index is -2.50. The van der Waals surface area contributed by atoms with Gasteiger partial charge in [-0.3, -0.25) is 4.98 Å². The van der Waals surface area contributed by atoms with Crippen molar-refractivity contribution in [3.05, 3.63) is 78.2 Å². The van der Waals surface area contributed by atoms with Crippen LogP contribution in [0.3, 0.4) is 0 Å². The molecule has 1 nitrogen and oxygen atoms in total.